The molecule has 5 heteroatoms. The van der Waals surface area contributed by atoms with Gasteiger partial charge >= 0.3 is 0 Å². The lowest BCUT2D eigenvalue weighted by molar-refractivity contribution is -0.115. The fraction of sp³-hybridized carbons (Fsp3) is 0.211. The van der Waals surface area contributed by atoms with Crippen molar-refractivity contribution >= 4 is 11.6 Å². The summed E-state index contributed by atoms with van der Waals surface area (Å²) in [7, 11) is 1.84. The van der Waals surface area contributed by atoms with Crippen LogP contribution in [0.2, 0.25) is 0 Å². The second kappa shape index (κ2) is 6.66. The fourth-order valence-corrected chi connectivity index (χ4v) is 2.69. The fourth-order valence-electron chi connectivity index (χ4n) is 2.69. The van der Waals surface area contributed by atoms with Gasteiger partial charge in [-0.2, -0.15) is 5.10 Å². The number of carbonyl (C=O) groups is 1. The molecule has 0 fully saturated rings. The molecule has 0 unspecified atom stereocenters. The Morgan fingerprint density at radius 3 is 2.79 bits per heavy atom. The molecular formula is C19H20N4O. The molecule has 1 amide bonds. The molecule has 3 aromatic rings. The van der Waals surface area contributed by atoms with Crippen molar-refractivity contribution in [1.29, 1.82) is 0 Å². The number of aryl methyl sites for hydroxylation is 3. The maximum atomic E-state index is 12.5. The van der Waals surface area contributed by atoms with Gasteiger partial charge in [0.15, 0.2) is 0 Å². The lowest BCUT2D eigenvalue weighted by Gasteiger charge is -2.09. The van der Waals surface area contributed by atoms with Gasteiger partial charge in [0.25, 0.3) is 0 Å². The summed E-state index contributed by atoms with van der Waals surface area (Å²) in [6.45, 7) is 4.05. The molecule has 0 radical (unpaired) electrons. The smallest absolute Gasteiger partial charge is 0.228 e. The molecule has 0 aliphatic rings. The van der Waals surface area contributed by atoms with Crippen molar-refractivity contribution in [2.75, 3.05) is 5.32 Å². The highest BCUT2D eigenvalue weighted by Crippen LogP contribution is 2.25. The maximum absolute atomic E-state index is 12.5. The zero-order chi connectivity index (χ0) is 17.1. The van der Waals surface area contributed by atoms with Crippen LogP contribution in [0.4, 0.5) is 5.69 Å². The van der Waals surface area contributed by atoms with E-state index in [-0.39, 0.29) is 5.91 Å². The Bertz CT molecular complexity index is 868. The third-order valence-corrected chi connectivity index (χ3v) is 3.98. The summed E-state index contributed by atoms with van der Waals surface area (Å²) in [6.07, 6.45) is 3.72. The average Bonchev–Trinajstić information content (AvgIpc) is 2.92. The minimum Gasteiger partial charge on any atom is -0.323 e. The highest BCUT2D eigenvalue weighted by molar-refractivity contribution is 5.95. The maximum Gasteiger partial charge on any atom is 0.228 e. The first-order valence-electron chi connectivity index (χ1n) is 7.84. The van der Waals surface area contributed by atoms with E-state index in [4.69, 9.17) is 0 Å². The third kappa shape index (κ3) is 3.35. The number of nitrogens with one attached hydrogen (secondary N) is 1. The summed E-state index contributed by atoms with van der Waals surface area (Å²) in [6, 6.07) is 11.8. The lowest BCUT2D eigenvalue weighted by Crippen LogP contribution is -2.15. The number of nitrogens with zero attached hydrogens (tertiary/aromatic N) is 3. The van der Waals surface area contributed by atoms with Crippen LogP contribution in [0.3, 0.4) is 0 Å². The van der Waals surface area contributed by atoms with Crippen LogP contribution in [0.1, 0.15) is 16.7 Å². The van der Waals surface area contributed by atoms with E-state index >= 15 is 0 Å². The summed E-state index contributed by atoms with van der Waals surface area (Å²) in [4.78, 5) is 16.8. The van der Waals surface area contributed by atoms with E-state index in [2.05, 4.69) is 27.5 Å². The number of rotatable bonds is 4. The van der Waals surface area contributed by atoms with Crippen molar-refractivity contribution < 1.29 is 4.79 Å². The van der Waals surface area contributed by atoms with Crippen LogP contribution in [-0.2, 0) is 18.3 Å². The Hall–Kier alpha value is -2.95. The molecule has 122 valence electrons. The van der Waals surface area contributed by atoms with Crippen LogP contribution >= 0.6 is 0 Å². The highest BCUT2D eigenvalue weighted by Gasteiger charge is 2.15. The number of anilines is 1. The SMILES string of the molecule is Cc1ccc(C)c(CC(=O)Nc2cnn(C)c2-c2ccccn2)c1. The first-order chi connectivity index (χ1) is 11.5. The lowest BCUT2D eigenvalue weighted by atomic mass is 10.0. The van der Waals surface area contributed by atoms with Gasteiger partial charge in [-0.05, 0) is 37.1 Å². The van der Waals surface area contributed by atoms with E-state index < -0.39 is 0 Å². The van der Waals surface area contributed by atoms with Gasteiger partial charge in [0.1, 0.15) is 5.69 Å². The molecule has 0 spiro atoms. The topological polar surface area (TPSA) is 59.8 Å². The van der Waals surface area contributed by atoms with E-state index in [9.17, 15) is 4.79 Å². The first kappa shape index (κ1) is 15.9. The van der Waals surface area contributed by atoms with Crippen LogP contribution in [-0.4, -0.2) is 20.7 Å². The third-order valence-electron chi connectivity index (χ3n) is 3.98. The summed E-state index contributed by atoms with van der Waals surface area (Å²) >= 11 is 0. The molecule has 0 saturated carbocycles. The van der Waals surface area contributed by atoms with Crippen molar-refractivity contribution in [1.82, 2.24) is 14.8 Å². The average molecular weight is 320 g/mol. The van der Waals surface area contributed by atoms with Crippen LogP contribution in [0.25, 0.3) is 11.4 Å². The molecule has 0 aliphatic heterocycles. The van der Waals surface area contributed by atoms with Crippen molar-refractivity contribution in [2.45, 2.75) is 20.3 Å². The molecule has 5 nitrogen and oxygen atoms in total. The summed E-state index contributed by atoms with van der Waals surface area (Å²) in [5, 5.41) is 7.21. The van der Waals surface area contributed by atoms with Gasteiger partial charge in [-0.1, -0.05) is 29.8 Å². The molecule has 3 rings (SSSR count). The van der Waals surface area contributed by atoms with Crippen LogP contribution in [0.5, 0.6) is 0 Å². The number of amides is 1. The van der Waals surface area contributed by atoms with Gasteiger partial charge in [-0.3, -0.25) is 14.5 Å². The van der Waals surface area contributed by atoms with Gasteiger partial charge in [0, 0.05) is 13.2 Å². The number of hydrogen-bond donors (Lipinski definition) is 1. The summed E-state index contributed by atoms with van der Waals surface area (Å²) < 4.78 is 1.72. The van der Waals surface area contributed by atoms with E-state index in [0.29, 0.717) is 12.1 Å². The zero-order valence-corrected chi connectivity index (χ0v) is 14.1. The molecule has 2 aromatic heterocycles. The summed E-state index contributed by atoms with van der Waals surface area (Å²) in [5.41, 5.74) is 5.55. The van der Waals surface area contributed by atoms with Crippen LogP contribution < -0.4 is 5.32 Å². The normalized spacial score (nSPS) is 10.6. The first-order valence-corrected chi connectivity index (χ1v) is 7.84. The molecule has 0 bridgehead atoms. The zero-order valence-electron chi connectivity index (χ0n) is 14.1. The van der Waals surface area contributed by atoms with E-state index in [1.54, 1.807) is 17.1 Å². The van der Waals surface area contributed by atoms with E-state index in [1.807, 2.05) is 45.2 Å². The van der Waals surface area contributed by atoms with Crippen molar-refractivity contribution in [3.8, 4) is 11.4 Å². The number of carbonyl (C=O) groups excluding carboxylic acids is 1. The Morgan fingerprint density at radius 1 is 1.21 bits per heavy atom. The molecule has 1 N–H and O–H groups in total. The second-order valence-corrected chi connectivity index (χ2v) is 5.90. The predicted molar refractivity (Wildman–Crippen MR) is 94.7 cm³/mol. The number of aromatic nitrogens is 3. The van der Waals surface area contributed by atoms with Crippen molar-refractivity contribution in [3.63, 3.8) is 0 Å². The molecule has 1 aromatic carbocycles. The van der Waals surface area contributed by atoms with Crippen molar-refractivity contribution in [3.05, 3.63) is 65.5 Å². The van der Waals surface area contributed by atoms with E-state index in [0.717, 1.165) is 28.1 Å². The van der Waals surface area contributed by atoms with Crippen LogP contribution in [0.15, 0.2) is 48.8 Å². The standard InChI is InChI=1S/C19H20N4O/c1-13-7-8-14(2)15(10-13)11-18(24)22-17-12-21-23(3)19(17)16-6-4-5-9-20-16/h4-10,12H,11H2,1-3H3,(H,22,24). The van der Waals surface area contributed by atoms with E-state index in [1.165, 1.54) is 0 Å². The Kier molecular flexibility index (Phi) is 4.42. The molecular weight excluding hydrogens is 300 g/mol. The monoisotopic (exact) mass is 320 g/mol. The number of benzene rings is 1. The summed E-state index contributed by atoms with van der Waals surface area (Å²) in [5.74, 6) is -0.0612. The largest absolute Gasteiger partial charge is 0.323 e. The van der Waals surface area contributed by atoms with Crippen LogP contribution in [0, 0.1) is 13.8 Å². The minimum absolute atomic E-state index is 0.0612. The number of hydrogen-bond acceptors (Lipinski definition) is 3. The van der Waals surface area contributed by atoms with Gasteiger partial charge in [0.05, 0.1) is 24.0 Å². The predicted octanol–water partition coefficient (Wildman–Crippen LogP) is 3.28. The Morgan fingerprint density at radius 2 is 2.04 bits per heavy atom. The molecule has 2 heterocycles. The number of pyridine rings is 1. The van der Waals surface area contributed by atoms with Gasteiger partial charge in [-0.15, -0.1) is 0 Å². The Balaban J connectivity index is 1.82. The molecule has 0 aliphatic carbocycles. The quantitative estimate of drug-likeness (QED) is 0.802. The second-order valence-electron chi connectivity index (χ2n) is 5.90. The Labute approximate surface area is 141 Å². The van der Waals surface area contributed by atoms with Gasteiger partial charge in [0.2, 0.25) is 5.91 Å². The molecule has 24 heavy (non-hydrogen) atoms. The minimum atomic E-state index is -0.0612. The van der Waals surface area contributed by atoms with Gasteiger partial charge < -0.3 is 5.32 Å². The highest BCUT2D eigenvalue weighted by atomic mass is 16.1. The molecule has 0 atom stereocenters. The van der Waals surface area contributed by atoms with Gasteiger partial charge in [-0.25, -0.2) is 0 Å². The van der Waals surface area contributed by atoms with Crippen molar-refractivity contribution in [2.24, 2.45) is 7.05 Å². The molecule has 0 saturated heterocycles.